The Bertz CT molecular complexity index is 286. The van der Waals surface area contributed by atoms with Gasteiger partial charge in [0.05, 0.1) is 12.7 Å². The minimum Gasteiger partial charge on any atom is -0.387 e. The Morgan fingerprint density at radius 1 is 1.50 bits per heavy atom. The third-order valence-corrected chi connectivity index (χ3v) is 2.85. The summed E-state index contributed by atoms with van der Waals surface area (Å²) in [5, 5.41) is 18.6. The van der Waals surface area contributed by atoms with Gasteiger partial charge in [0.25, 0.3) is 0 Å². The Kier molecular flexibility index (Phi) is 4.42. The van der Waals surface area contributed by atoms with Crippen LogP contribution < -0.4 is 5.50 Å². The van der Waals surface area contributed by atoms with Crippen molar-refractivity contribution in [3.05, 3.63) is 0 Å². The van der Waals surface area contributed by atoms with Crippen molar-refractivity contribution in [2.45, 2.75) is 37.5 Å². The minimum atomic E-state index is -4.19. The van der Waals surface area contributed by atoms with Crippen LogP contribution in [0.1, 0.15) is 6.92 Å². The zero-order valence-corrected chi connectivity index (χ0v) is 9.46. The summed E-state index contributed by atoms with van der Waals surface area (Å²) in [6.07, 6.45) is -6.95. The second kappa shape index (κ2) is 5.05. The Balaban J connectivity index is 2.57. The third-order valence-electron chi connectivity index (χ3n) is 2.33. The van der Waals surface area contributed by atoms with E-state index in [-0.39, 0.29) is 0 Å². The lowest BCUT2D eigenvalue weighted by atomic mass is 9.97. The molecule has 96 valence electrons. The zero-order chi connectivity index (χ0) is 12.5. The van der Waals surface area contributed by atoms with Crippen LogP contribution in [-0.4, -0.2) is 52.3 Å². The number of alkyl halides is 1. The Morgan fingerprint density at radius 3 is 2.56 bits per heavy atom. The molecule has 9 heteroatoms. The van der Waals surface area contributed by atoms with E-state index in [2.05, 4.69) is 4.52 Å². The molecule has 1 heterocycles. The predicted octanol–water partition coefficient (Wildman–Crippen LogP) is -1.09. The maximum atomic E-state index is 13.3. The highest BCUT2D eigenvalue weighted by atomic mass is 31.2. The summed E-state index contributed by atoms with van der Waals surface area (Å²) in [6.45, 7) is 0.889. The zero-order valence-electron chi connectivity index (χ0n) is 8.56. The summed E-state index contributed by atoms with van der Waals surface area (Å²) >= 11 is 0. The highest BCUT2D eigenvalue weighted by Gasteiger charge is 2.43. The number of halogens is 1. The maximum absolute atomic E-state index is 13.3. The van der Waals surface area contributed by atoms with Crippen LogP contribution >= 0.6 is 7.75 Å². The van der Waals surface area contributed by atoms with Crippen LogP contribution in [0.2, 0.25) is 0 Å². The molecule has 0 saturated carbocycles. The van der Waals surface area contributed by atoms with Crippen molar-refractivity contribution in [3.8, 4) is 0 Å². The second-order valence-electron chi connectivity index (χ2n) is 3.67. The van der Waals surface area contributed by atoms with Crippen LogP contribution in [0.4, 0.5) is 4.39 Å². The lowest BCUT2D eigenvalue weighted by Gasteiger charge is -2.37. The van der Waals surface area contributed by atoms with Crippen molar-refractivity contribution in [3.63, 3.8) is 0 Å². The van der Waals surface area contributed by atoms with Gasteiger partial charge < -0.3 is 19.8 Å². The summed E-state index contributed by atoms with van der Waals surface area (Å²) in [5.41, 5.74) is 4.70. The van der Waals surface area contributed by atoms with Crippen LogP contribution in [0.25, 0.3) is 0 Å². The molecule has 6 atom stereocenters. The standard InChI is InChI=1S/C7H15FNO6P/c1-3-6(10)5(8)7(11)4(15-3)2-14-16(9,12)13/h3-7,10-11H,2H2,1H3,(H3,9,12,13)/t3?,4?,5?,6-,7-/m1/s1. The van der Waals surface area contributed by atoms with Gasteiger partial charge in [-0.05, 0) is 6.92 Å². The van der Waals surface area contributed by atoms with Crippen LogP contribution in [-0.2, 0) is 13.8 Å². The van der Waals surface area contributed by atoms with Crippen LogP contribution in [0, 0.1) is 0 Å². The molecule has 5 N–H and O–H groups in total. The first kappa shape index (κ1) is 14.0. The monoisotopic (exact) mass is 259 g/mol. The fourth-order valence-corrected chi connectivity index (χ4v) is 1.78. The van der Waals surface area contributed by atoms with Crippen molar-refractivity contribution in [2.24, 2.45) is 5.50 Å². The highest BCUT2D eigenvalue weighted by Crippen LogP contribution is 2.33. The summed E-state index contributed by atoms with van der Waals surface area (Å²) in [4.78, 5) is 8.65. The van der Waals surface area contributed by atoms with E-state index < -0.39 is 44.9 Å². The fraction of sp³-hybridized carbons (Fsp3) is 1.00. The van der Waals surface area contributed by atoms with Gasteiger partial charge in [-0.25, -0.2) is 14.5 Å². The molecule has 0 aromatic rings. The lowest BCUT2D eigenvalue weighted by molar-refractivity contribution is -0.204. The Morgan fingerprint density at radius 2 is 2.06 bits per heavy atom. The normalized spacial score (nSPS) is 44.0. The first-order valence-electron chi connectivity index (χ1n) is 4.64. The molecule has 0 radical (unpaired) electrons. The van der Waals surface area contributed by atoms with Gasteiger partial charge in [-0.1, -0.05) is 0 Å². The number of hydrogen-bond donors (Lipinski definition) is 4. The molecule has 4 unspecified atom stereocenters. The van der Waals surface area contributed by atoms with E-state index in [1.54, 1.807) is 0 Å². The van der Waals surface area contributed by atoms with E-state index in [1.165, 1.54) is 6.92 Å². The predicted molar refractivity (Wildman–Crippen MR) is 51.2 cm³/mol. The van der Waals surface area contributed by atoms with Gasteiger partial charge in [-0.3, -0.25) is 4.52 Å². The van der Waals surface area contributed by atoms with Gasteiger partial charge in [0.1, 0.15) is 18.3 Å². The smallest absolute Gasteiger partial charge is 0.387 e. The molecular formula is C7H15FNO6P. The molecule has 0 amide bonds. The third kappa shape index (κ3) is 3.46. The lowest BCUT2D eigenvalue weighted by Crippen LogP contribution is -2.56. The molecule has 1 fully saturated rings. The van der Waals surface area contributed by atoms with E-state index in [0.29, 0.717) is 0 Å². The van der Waals surface area contributed by atoms with Gasteiger partial charge in [0, 0.05) is 0 Å². The number of aliphatic hydroxyl groups excluding tert-OH is 2. The van der Waals surface area contributed by atoms with E-state index in [0.717, 1.165) is 0 Å². The molecule has 1 aliphatic rings. The molecule has 16 heavy (non-hydrogen) atoms. The number of aliphatic hydroxyl groups is 2. The van der Waals surface area contributed by atoms with Crippen molar-refractivity contribution in [1.29, 1.82) is 0 Å². The Labute approximate surface area is 91.6 Å². The maximum Gasteiger partial charge on any atom is 0.400 e. The molecule has 1 saturated heterocycles. The summed E-state index contributed by atoms with van der Waals surface area (Å²) in [5.74, 6) is 0. The van der Waals surface area contributed by atoms with Gasteiger partial charge in [0.15, 0.2) is 6.17 Å². The van der Waals surface area contributed by atoms with Gasteiger partial charge in [0.2, 0.25) is 0 Å². The van der Waals surface area contributed by atoms with Crippen molar-refractivity contribution in [1.82, 2.24) is 0 Å². The number of rotatable bonds is 3. The topological polar surface area (TPSA) is 122 Å². The van der Waals surface area contributed by atoms with Crippen molar-refractivity contribution >= 4 is 7.75 Å². The van der Waals surface area contributed by atoms with Gasteiger partial charge in [-0.2, -0.15) is 0 Å². The minimum absolute atomic E-state index is 0.525. The van der Waals surface area contributed by atoms with Crippen molar-refractivity contribution < 1.29 is 33.3 Å². The quantitative estimate of drug-likeness (QED) is 0.475. The average molecular weight is 259 g/mol. The first-order valence-corrected chi connectivity index (χ1v) is 6.28. The Hall–Kier alpha value is -0.0800. The second-order valence-corrected chi connectivity index (χ2v) is 5.05. The van der Waals surface area contributed by atoms with E-state index in [1.807, 2.05) is 0 Å². The van der Waals surface area contributed by atoms with Crippen LogP contribution in [0.5, 0.6) is 0 Å². The van der Waals surface area contributed by atoms with E-state index in [9.17, 15) is 19.2 Å². The molecule has 0 aliphatic carbocycles. The summed E-state index contributed by atoms with van der Waals surface area (Å²) in [7, 11) is -4.19. The number of nitrogens with two attached hydrogens (primary N) is 1. The number of hydrogen-bond acceptors (Lipinski definition) is 5. The van der Waals surface area contributed by atoms with Crippen LogP contribution in [0.3, 0.4) is 0 Å². The van der Waals surface area contributed by atoms with E-state index in [4.69, 9.17) is 15.1 Å². The molecule has 0 aromatic carbocycles. The molecule has 0 spiro atoms. The van der Waals surface area contributed by atoms with Crippen LogP contribution in [0.15, 0.2) is 0 Å². The molecular weight excluding hydrogens is 244 g/mol. The average Bonchev–Trinajstić information content (AvgIpc) is 2.17. The van der Waals surface area contributed by atoms with Crippen molar-refractivity contribution in [2.75, 3.05) is 6.61 Å². The molecule has 1 aliphatic heterocycles. The largest absolute Gasteiger partial charge is 0.400 e. The molecule has 0 bridgehead atoms. The van der Waals surface area contributed by atoms with Gasteiger partial charge >= 0.3 is 7.75 Å². The molecule has 1 rings (SSSR count). The summed E-state index contributed by atoms with van der Waals surface area (Å²) in [6, 6.07) is 0. The number of ether oxygens (including phenoxy) is 1. The highest BCUT2D eigenvalue weighted by molar-refractivity contribution is 7.50. The first-order chi connectivity index (χ1) is 7.22. The molecule has 7 nitrogen and oxygen atoms in total. The molecule has 0 aromatic heterocycles. The van der Waals surface area contributed by atoms with E-state index >= 15 is 0 Å². The van der Waals surface area contributed by atoms with Gasteiger partial charge in [-0.15, -0.1) is 0 Å². The fourth-order valence-electron chi connectivity index (χ4n) is 1.42. The summed E-state index contributed by atoms with van der Waals surface area (Å²) < 4.78 is 33.3. The SMILES string of the molecule is CC1OC(COP(N)(=O)O)[C@@H](O)C(F)[C@@H]1O.